The summed E-state index contributed by atoms with van der Waals surface area (Å²) in [6.07, 6.45) is 5.21. The second kappa shape index (κ2) is 12.6. The lowest BCUT2D eigenvalue weighted by Crippen LogP contribution is -2.01. The summed E-state index contributed by atoms with van der Waals surface area (Å²) in [7, 11) is 3.15. The van der Waals surface area contributed by atoms with Crippen LogP contribution >= 0.6 is 21.6 Å². The molecule has 102 valence electrons. The molecule has 0 amide bonds. The lowest BCUT2D eigenvalue weighted by Gasteiger charge is -2.03. The van der Waals surface area contributed by atoms with E-state index in [1.165, 1.54) is 10.8 Å². The van der Waals surface area contributed by atoms with Crippen LogP contribution in [0.1, 0.15) is 19.3 Å². The Morgan fingerprint density at radius 3 is 2.28 bits per heavy atom. The zero-order chi connectivity index (χ0) is 13.6. The highest BCUT2D eigenvalue weighted by atomic mass is 33.1. The van der Waals surface area contributed by atoms with Crippen LogP contribution in [0.3, 0.4) is 0 Å². The molecular formula is C12H18O4S2. The Balaban J connectivity index is 3.12. The van der Waals surface area contributed by atoms with Crippen LogP contribution in [0.2, 0.25) is 0 Å². The molecule has 0 N–H and O–H groups in total. The van der Waals surface area contributed by atoms with E-state index in [9.17, 15) is 9.59 Å². The van der Waals surface area contributed by atoms with Gasteiger partial charge in [-0.25, -0.2) is 9.59 Å². The summed E-state index contributed by atoms with van der Waals surface area (Å²) < 4.78 is 9.63. The van der Waals surface area contributed by atoms with Crippen LogP contribution < -0.4 is 0 Å². The number of carbonyl (C=O) groups excluding carboxylic acids is 2. The number of hydrogen-bond acceptors (Lipinski definition) is 6. The minimum atomic E-state index is -0.396. The molecule has 0 fully saturated rings. The highest BCUT2D eigenvalue weighted by Gasteiger charge is 1.97. The van der Waals surface area contributed by atoms with Gasteiger partial charge in [-0.15, -0.1) is 0 Å². The van der Waals surface area contributed by atoms with Crippen LogP contribution in [0, 0.1) is 0 Å². The van der Waals surface area contributed by atoms with Gasteiger partial charge in [0, 0.05) is 17.9 Å². The van der Waals surface area contributed by atoms with E-state index in [0.717, 1.165) is 37.2 Å². The molecule has 0 bridgehead atoms. The van der Waals surface area contributed by atoms with Crippen molar-refractivity contribution in [2.45, 2.75) is 19.3 Å². The van der Waals surface area contributed by atoms with Crippen molar-refractivity contribution in [3.63, 3.8) is 0 Å². The molecule has 6 heteroatoms. The fourth-order valence-corrected chi connectivity index (χ4v) is 2.63. The van der Waals surface area contributed by atoms with Gasteiger partial charge >= 0.3 is 11.9 Å². The number of carbonyl (C=O) groups is 2. The monoisotopic (exact) mass is 290 g/mol. The largest absolute Gasteiger partial charge is 0.463 e. The predicted octanol–water partition coefficient (Wildman–Crippen LogP) is 2.95. The zero-order valence-electron chi connectivity index (χ0n) is 10.3. The van der Waals surface area contributed by atoms with Gasteiger partial charge in [-0.3, -0.25) is 0 Å². The Morgan fingerprint density at radius 2 is 1.61 bits per heavy atom. The van der Waals surface area contributed by atoms with Crippen molar-refractivity contribution in [2.24, 2.45) is 0 Å². The number of rotatable bonds is 11. The van der Waals surface area contributed by atoms with Crippen molar-refractivity contribution < 1.29 is 19.1 Å². The number of esters is 2. The molecule has 0 radical (unpaired) electrons. The lowest BCUT2D eigenvalue weighted by molar-refractivity contribution is -0.138. The van der Waals surface area contributed by atoms with E-state index in [0.29, 0.717) is 12.5 Å². The first-order valence-corrected chi connectivity index (χ1v) is 8.02. The van der Waals surface area contributed by atoms with E-state index < -0.39 is 5.97 Å². The SMILES string of the molecule is C=CC(=O)OCCCCCSSCOC(=O)C=C. The average molecular weight is 290 g/mol. The summed E-state index contributed by atoms with van der Waals surface area (Å²) in [5, 5.41) is 0. The Hall–Kier alpha value is -0.880. The summed E-state index contributed by atoms with van der Waals surface area (Å²) in [5.74, 6) is 0.550. The van der Waals surface area contributed by atoms with Gasteiger partial charge in [0.05, 0.1) is 6.61 Å². The normalized spacial score (nSPS) is 9.56. The van der Waals surface area contributed by atoms with E-state index in [4.69, 9.17) is 9.47 Å². The molecule has 0 aromatic carbocycles. The highest BCUT2D eigenvalue weighted by molar-refractivity contribution is 8.76. The van der Waals surface area contributed by atoms with Gasteiger partial charge in [-0.2, -0.15) is 0 Å². The van der Waals surface area contributed by atoms with Crippen molar-refractivity contribution in [3.8, 4) is 0 Å². The molecule has 0 aliphatic rings. The van der Waals surface area contributed by atoms with Crippen molar-refractivity contribution in [3.05, 3.63) is 25.3 Å². The minimum absolute atomic E-state index is 0.340. The Labute approximate surface area is 116 Å². The first-order valence-electron chi connectivity index (χ1n) is 5.53. The third kappa shape index (κ3) is 11.6. The summed E-state index contributed by atoms with van der Waals surface area (Å²) in [6, 6.07) is 0. The molecule has 0 aromatic rings. The molecule has 0 saturated carbocycles. The topological polar surface area (TPSA) is 52.6 Å². The Morgan fingerprint density at radius 1 is 0.944 bits per heavy atom. The maximum Gasteiger partial charge on any atom is 0.331 e. The third-order valence-electron chi connectivity index (χ3n) is 1.78. The summed E-state index contributed by atoms with van der Waals surface area (Å²) >= 11 is 0. The highest BCUT2D eigenvalue weighted by Crippen LogP contribution is 2.22. The maximum atomic E-state index is 10.7. The second-order valence-corrected chi connectivity index (χ2v) is 5.69. The van der Waals surface area contributed by atoms with Gasteiger partial charge in [-0.05, 0) is 19.3 Å². The third-order valence-corrected chi connectivity index (χ3v) is 3.91. The smallest absolute Gasteiger partial charge is 0.331 e. The summed E-state index contributed by atoms with van der Waals surface area (Å²) in [6.45, 7) is 7.06. The standard InChI is InChI=1S/C12H18O4S2/c1-3-11(13)15-8-6-5-7-9-17-18-10-16-12(14)4-2/h3-4H,1-2,5-10H2. The Kier molecular flexibility index (Phi) is 12.0. The van der Waals surface area contributed by atoms with E-state index in [2.05, 4.69) is 13.2 Å². The van der Waals surface area contributed by atoms with Crippen molar-refractivity contribution >= 4 is 33.5 Å². The van der Waals surface area contributed by atoms with Gasteiger partial charge in [0.25, 0.3) is 0 Å². The van der Waals surface area contributed by atoms with Gasteiger partial charge < -0.3 is 9.47 Å². The second-order valence-electron chi connectivity index (χ2n) is 3.16. The number of hydrogen-bond donors (Lipinski definition) is 0. The maximum absolute atomic E-state index is 10.7. The lowest BCUT2D eigenvalue weighted by atomic mass is 10.3. The quantitative estimate of drug-likeness (QED) is 0.192. The molecule has 0 aliphatic heterocycles. The van der Waals surface area contributed by atoms with Crippen LogP contribution in [0.5, 0.6) is 0 Å². The van der Waals surface area contributed by atoms with Crippen molar-refractivity contribution in [1.29, 1.82) is 0 Å². The van der Waals surface area contributed by atoms with E-state index in [-0.39, 0.29) is 5.97 Å². The van der Waals surface area contributed by atoms with Gasteiger partial charge in [-0.1, -0.05) is 34.7 Å². The molecule has 0 saturated heterocycles. The molecule has 0 spiro atoms. The van der Waals surface area contributed by atoms with E-state index in [1.807, 2.05) is 0 Å². The van der Waals surface area contributed by atoms with Gasteiger partial charge in [0.15, 0.2) is 0 Å². The van der Waals surface area contributed by atoms with Crippen LogP contribution in [-0.4, -0.2) is 30.2 Å². The molecule has 0 heterocycles. The van der Waals surface area contributed by atoms with Gasteiger partial charge in [0.2, 0.25) is 0 Å². The Bertz CT molecular complexity index is 251. The fraction of sp³-hybridized carbons (Fsp3) is 0.500. The first kappa shape index (κ1) is 17.1. The molecule has 4 nitrogen and oxygen atoms in total. The predicted molar refractivity (Wildman–Crippen MR) is 76.2 cm³/mol. The molecular weight excluding hydrogens is 272 g/mol. The molecule has 0 aliphatic carbocycles. The van der Waals surface area contributed by atoms with Crippen LogP contribution in [0.15, 0.2) is 25.3 Å². The van der Waals surface area contributed by atoms with E-state index >= 15 is 0 Å². The van der Waals surface area contributed by atoms with Crippen LogP contribution in [0.4, 0.5) is 0 Å². The van der Waals surface area contributed by atoms with E-state index in [1.54, 1.807) is 10.8 Å². The average Bonchev–Trinajstić information content (AvgIpc) is 2.40. The molecule has 0 unspecified atom stereocenters. The minimum Gasteiger partial charge on any atom is -0.463 e. The van der Waals surface area contributed by atoms with Crippen molar-refractivity contribution in [2.75, 3.05) is 18.3 Å². The fourth-order valence-electron chi connectivity index (χ4n) is 0.906. The number of ether oxygens (including phenoxy) is 2. The number of unbranched alkanes of at least 4 members (excludes halogenated alkanes) is 2. The summed E-state index contributed by atoms with van der Waals surface area (Å²) in [4.78, 5) is 21.4. The molecule has 18 heavy (non-hydrogen) atoms. The van der Waals surface area contributed by atoms with Gasteiger partial charge in [0.1, 0.15) is 5.94 Å². The first-order chi connectivity index (χ1) is 8.70. The molecule has 0 rings (SSSR count). The van der Waals surface area contributed by atoms with Crippen LogP contribution in [-0.2, 0) is 19.1 Å². The zero-order valence-corrected chi connectivity index (χ0v) is 11.9. The van der Waals surface area contributed by atoms with Crippen molar-refractivity contribution in [1.82, 2.24) is 0 Å². The summed E-state index contributed by atoms with van der Waals surface area (Å²) in [5.41, 5.74) is 0. The van der Waals surface area contributed by atoms with Crippen LogP contribution in [0.25, 0.3) is 0 Å². The molecule has 0 aromatic heterocycles. The molecule has 0 atom stereocenters.